The molecule has 0 radical (unpaired) electrons. The van der Waals surface area contributed by atoms with Gasteiger partial charge < -0.3 is 5.73 Å². The second kappa shape index (κ2) is 3.03. The smallest absolute Gasteiger partial charge is 0.253 e. The van der Waals surface area contributed by atoms with Gasteiger partial charge >= 0.3 is 0 Å². The number of aromatic nitrogens is 4. The Labute approximate surface area is 89.2 Å². The Morgan fingerprint density at radius 1 is 1.33 bits per heavy atom. The van der Waals surface area contributed by atoms with Crippen LogP contribution in [0.5, 0.6) is 0 Å². The highest BCUT2D eigenvalue weighted by molar-refractivity contribution is 7.16. The summed E-state index contributed by atoms with van der Waals surface area (Å²) in [7, 11) is 0. The molecule has 6 heteroatoms. The molecule has 0 spiro atoms. The third-order valence-electron chi connectivity index (χ3n) is 2.05. The highest BCUT2D eigenvalue weighted by Crippen LogP contribution is 2.23. The third-order valence-corrected chi connectivity index (χ3v) is 2.86. The minimum atomic E-state index is 0.492. The molecule has 0 aliphatic heterocycles. The molecule has 0 saturated carbocycles. The van der Waals surface area contributed by atoms with Crippen molar-refractivity contribution in [1.29, 1.82) is 0 Å². The van der Waals surface area contributed by atoms with Crippen molar-refractivity contribution in [3.63, 3.8) is 0 Å². The zero-order valence-corrected chi connectivity index (χ0v) is 8.48. The van der Waals surface area contributed by atoms with Crippen molar-refractivity contribution >= 4 is 27.4 Å². The number of fused-ring (bicyclic) bond motifs is 1. The number of nitrogens with two attached hydrogens (primary N) is 1. The van der Waals surface area contributed by atoms with E-state index in [1.165, 1.54) is 0 Å². The van der Waals surface area contributed by atoms with Crippen LogP contribution >= 0.6 is 11.3 Å². The van der Waals surface area contributed by atoms with Crippen LogP contribution < -0.4 is 5.73 Å². The second-order valence-corrected chi connectivity index (χ2v) is 3.89. The number of anilines is 1. The highest BCUT2D eigenvalue weighted by Gasteiger charge is 2.07. The van der Waals surface area contributed by atoms with E-state index in [0.717, 1.165) is 10.2 Å². The Bertz CT molecular complexity index is 598. The molecule has 0 aliphatic carbocycles. The van der Waals surface area contributed by atoms with E-state index in [-0.39, 0.29) is 0 Å². The van der Waals surface area contributed by atoms with Crippen LogP contribution in [-0.4, -0.2) is 19.7 Å². The molecule has 74 valence electrons. The van der Waals surface area contributed by atoms with Crippen molar-refractivity contribution in [3.8, 4) is 5.95 Å². The first kappa shape index (κ1) is 8.37. The fourth-order valence-corrected chi connectivity index (χ4v) is 2.12. The maximum atomic E-state index is 5.82. The Hall–Kier alpha value is -1.95. The Morgan fingerprint density at radius 2 is 2.27 bits per heavy atom. The summed E-state index contributed by atoms with van der Waals surface area (Å²) in [6, 6.07) is 3.74. The largest absolute Gasteiger partial charge is 0.383 e. The molecule has 2 N–H and O–H groups in total. The fraction of sp³-hybridized carbons (Fsp3) is 0. The monoisotopic (exact) mass is 217 g/mol. The molecule has 3 aromatic heterocycles. The van der Waals surface area contributed by atoms with Gasteiger partial charge in [0.05, 0.1) is 5.39 Å². The van der Waals surface area contributed by atoms with Gasteiger partial charge in [-0.15, -0.1) is 11.3 Å². The zero-order valence-electron chi connectivity index (χ0n) is 7.66. The lowest BCUT2D eigenvalue weighted by atomic mass is 10.4. The maximum absolute atomic E-state index is 5.82. The van der Waals surface area contributed by atoms with Crippen molar-refractivity contribution in [1.82, 2.24) is 19.7 Å². The first-order valence-electron chi connectivity index (χ1n) is 4.35. The van der Waals surface area contributed by atoms with Crippen LogP contribution in [0.2, 0.25) is 0 Å². The molecule has 0 saturated heterocycles. The zero-order chi connectivity index (χ0) is 10.3. The maximum Gasteiger partial charge on any atom is 0.253 e. The van der Waals surface area contributed by atoms with Crippen LogP contribution in [0.3, 0.4) is 0 Å². The van der Waals surface area contributed by atoms with Crippen molar-refractivity contribution < 1.29 is 0 Å². The molecule has 0 aromatic carbocycles. The summed E-state index contributed by atoms with van der Waals surface area (Å²) in [5.74, 6) is 0.999. The molecular weight excluding hydrogens is 210 g/mol. The van der Waals surface area contributed by atoms with Crippen LogP contribution in [0.1, 0.15) is 0 Å². The molecule has 3 aromatic rings. The summed E-state index contributed by atoms with van der Waals surface area (Å²) < 4.78 is 1.59. The minimum Gasteiger partial charge on any atom is -0.383 e. The topological polar surface area (TPSA) is 69.6 Å². The van der Waals surface area contributed by atoms with Gasteiger partial charge in [-0.05, 0) is 17.5 Å². The van der Waals surface area contributed by atoms with Gasteiger partial charge in [-0.1, -0.05) is 0 Å². The van der Waals surface area contributed by atoms with Crippen LogP contribution in [-0.2, 0) is 0 Å². The van der Waals surface area contributed by atoms with Gasteiger partial charge in [0.25, 0.3) is 5.95 Å². The van der Waals surface area contributed by atoms with E-state index in [2.05, 4.69) is 15.1 Å². The molecule has 3 heterocycles. The van der Waals surface area contributed by atoms with Crippen molar-refractivity contribution in [2.45, 2.75) is 0 Å². The molecule has 5 nitrogen and oxygen atoms in total. The van der Waals surface area contributed by atoms with Crippen LogP contribution in [0, 0.1) is 0 Å². The first-order chi connectivity index (χ1) is 7.34. The van der Waals surface area contributed by atoms with Gasteiger partial charge in [0, 0.05) is 12.4 Å². The number of hydrogen-bond donors (Lipinski definition) is 1. The Kier molecular flexibility index (Phi) is 1.69. The predicted octanol–water partition coefficient (Wildman–Crippen LogP) is 1.46. The number of rotatable bonds is 1. The SMILES string of the molecule is Nc1nc(-n2cccn2)nc2sccc12. The average Bonchev–Trinajstić information content (AvgIpc) is 2.88. The van der Waals surface area contributed by atoms with Gasteiger partial charge in [0.2, 0.25) is 0 Å². The van der Waals surface area contributed by atoms with Gasteiger partial charge in [-0.2, -0.15) is 15.1 Å². The molecule has 15 heavy (non-hydrogen) atoms. The van der Waals surface area contributed by atoms with E-state index in [9.17, 15) is 0 Å². The molecule has 0 bridgehead atoms. The van der Waals surface area contributed by atoms with Crippen molar-refractivity contribution in [2.24, 2.45) is 0 Å². The molecular formula is C9H7N5S. The van der Waals surface area contributed by atoms with E-state index in [4.69, 9.17) is 5.73 Å². The van der Waals surface area contributed by atoms with Crippen LogP contribution in [0.25, 0.3) is 16.2 Å². The van der Waals surface area contributed by atoms with Gasteiger partial charge in [0.1, 0.15) is 10.6 Å². The van der Waals surface area contributed by atoms with Gasteiger partial charge in [0.15, 0.2) is 0 Å². The molecule has 0 fully saturated rings. The summed E-state index contributed by atoms with van der Waals surface area (Å²) in [6.45, 7) is 0. The number of thiophene rings is 1. The Balaban J connectivity index is 2.29. The van der Waals surface area contributed by atoms with E-state index < -0.39 is 0 Å². The standard InChI is InChI=1S/C9H7N5S/c10-7-6-2-5-15-8(6)13-9(12-7)14-4-1-3-11-14/h1-5H,(H2,10,12,13). The summed E-state index contributed by atoms with van der Waals surface area (Å²) in [5, 5.41) is 6.91. The lowest BCUT2D eigenvalue weighted by molar-refractivity contribution is 0.818. The summed E-state index contributed by atoms with van der Waals surface area (Å²) in [5.41, 5.74) is 5.82. The van der Waals surface area contributed by atoms with Gasteiger partial charge in [-0.3, -0.25) is 0 Å². The molecule has 0 amide bonds. The number of nitrogen functional groups attached to an aromatic ring is 1. The van der Waals surface area contributed by atoms with Crippen molar-refractivity contribution in [2.75, 3.05) is 5.73 Å². The summed E-state index contributed by atoms with van der Waals surface area (Å²) >= 11 is 1.54. The van der Waals surface area contributed by atoms with Gasteiger partial charge in [-0.25, -0.2) is 4.68 Å². The van der Waals surface area contributed by atoms with E-state index >= 15 is 0 Å². The third kappa shape index (κ3) is 1.26. The summed E-state index contributed by atoms with van der Waals surface area (Å²) in [6.07, 6.45) is 3.46. The molecule has 0 unspecified atom stereocenters. The quantitative estimate of drug-likeness (QED) is 0.670. The summed E-state index contributed by atoms with van der Waals surface area (Å²) in [4.78, 5) is 9.44. The number of nitrogens with zero attached hydrogens (tertiary/aromatic N) is 4. The normalized spacial score (nSPS) is 10.9. The molecule has 0 aliphatic rings. The first-order valence-corrected chi connectivity index (χ1v) is 5.23. The van der Waals surface area contributed by atoms with Crippen LogP contribution in [0.15, 0.2) is 29.9 Å². The van der Waals surface area contributed by atoms with E-state index in [1.54, 1.807) is 28.4 Å². The van der Waals surface area contributed by atoms with E-state index in [1.807, 2.05) is 17.5 Å². The lowest BCUT2D eigenvalue weighted by Gasteiger charge is -2.01. The minimum absolute atomic E-state index is 0.492. The average molecular weight is 217 g/mol. The molecule has 0 atom stereocenters. The van der Waals surface area contributed by atoms with E-state index in [0.29, 0.717) is 11.8 Å². The van der Waals surface area contributed by atoms with Crippen molar-refractivity contribution in [3.05, 3.63) is 29.9 Å². The second-order valence-electron chi connectivity index (χ2n) is 3.00. The fourth-order valence-electron chi connectivity index (χ4n) is 1.36. The lowest BCUT2D eigenvalue weighted by Crippen LogP contribution is -2.03. The number of hydrogen-bond acceptors (Lipinski definition) is 5. The predicted molar refractivity (Wildman–Crippen MR) is 58.9 cm³/mol. The Morgan fingerprint density at radius 3 is 3.07 bits per heavy atom. The van der Waals surface area contributed by atoms with Crippen LogP contribution in [0.4, 0.5) is 5.82 Å². The highest BCUT2D eigenvalue weighted by atomic mass is 32.1. The molecule has 3 rings (SSSR count).